The molecule has 0 amide bonds. The molecule has 0 atom stereocenters. The lowest BCUT2D eigenvalue weighted by atomic mass is 10.1. The largest absolute Gasteiger partial charge is 0.409 e. The molecule has 5 heteroatoms. The summed E-state index contributed by atoms with van der Waals surface area (Å²) in [6.07, 6.45) is 2.09. The van der Waals surface area contributed by atoms with Gasteiger partial charge in [0.1, 0.15) is 5.82 Å². The Morgan fingerprint density at radius 1 is 1.32 bits per heavy atom. The molecule has 0 unspecified atom stereocenters. The smallest absolute Gasteiger partial charge is 0.170 e. The normalized spacial score (nSPS) is 12.1. The Kier molecular flexibility index (Phi) is 6.29. The number of benzene rings is 1. The monoisotopic (exact) mass is 267 g/mol. The first-order chi connectivity index (χ1) is 9.12. The number of hydrogen-bond acceptors (Lipinski definition) is 3. The van der Waals surface area contributed by atoms with Crippen LogP contribution in [0.15, 0.2) is 23.4 Å². The zero-order valence-electron chi connectivity index (χ0n) is 11.6. The highest BCUT2D eigenvalue weighted by atomic mass is 19.1. The quantitative estimate of drug-likeness (QED) is 0.345. The summed E-state index contributed by atoms with van der Waals surface area (Å²) in [6, 6.07) is 4.67. The summed E-state index contributed by atoms with van der Waals surface area (Å²) in [4.78, 5) is 2.22. The van der Waals surface area contributed by atoms with Crippen molar-refractivity contribution in [1.29, 1.82) is 0 Å². The highest BCUT2D eigenvalue weighted by Gasteiger charge is 2.10. The molecule has 0 aliphatic rings. The molecule has 0 heterocycles. The molecule has 0 aliphatic carbocycles. The van der Waals surface area contributed by atoms with E-state index in [9.17, 15) is 4.39 Å². The van der Waals surface area contributed by atoms with Crippen molar-refractivity contribution in [1.82, 2.24) is 4.90 Å². The molecule has 106 valence electrons. The van der Waals surface area contributed by atoms with Crippen LogP contribution in [0.5, 0.6) is 0 Å². The van der Waals surface area contributed by atoms with Gasteiger partial charge in [-0.3, -0.25) is 4.90 Å². The van der Waals surface area contributed by atoms with E-state index in [1.807, 2.05) is 0 Å². The maximum absolute atomic E-state index is 14.0. The first-order valence-electron chi connectivity index (χ1n) is 6.61. The predicted octanol–water partition coefficient (Wildman–Crippen LogP) is 2.54. The first-order valence-corrected chi connectivity index (χ1v) is 6.61. The molecule has 19 heavy (non-hydrogen) atoms. The number of hydrogen-bond donors (Lipinski definition) is 2. The second kappa shape index (κ2) is 7.74. The Morgan fingerprint density at radius 3 is 2.42 bits per heavy atom. The van der Waals surface area contributed by atoms with Gasteiger partial charge in [0.25, 0.3) is 0 Å². The SMILES string of the molecule is CCCN(CCC)Cc1ccc(/C(N)=N/O)cc1F. The Bertz CT molecular complexity index is 429. The van der Waals surface area contributed by atoms with E-state index >= 15 is 0 Å². The molecule has 0 fully saturated rings. The lowest BCUT2D eigenvalue weighted by molar-refractivity contribution is 0.263. The Balaban J connectivity index is 2.83. The summed E-state index contributed by atoms with van der Waals surface area (Å²) >= 11 is 0. The lowest BCUT2D eigenvalue weighted by Gasteiger charge is -2.21. The van der Waals surface area contributed by atoms with Gasteiger partial charge in [-0.25, -0.2) is 4.39 Å². The maximum Gasteiger partial charge on any atom is 0.170 e. The van der Waals surface area contributed by atoms with E-state index in [0.29, 0.717) is 17.7 Å². The van der Waals surface area contributed by atoms with Crippen LogP contribution in [0.1, 0.15) is 37.8 Å². The molecular weight excluding hydrogens is 245 g/mol. The standard InChI is InChI=1S/C14H22FN3O/c1-3-7-18(8-4-2)10-12-6-5-11(9-13(12)15)14(16)17-19/h5-6,9,19H,3-4,7-8,10H2,1-2H3,(H2,16,17). The minimum absolute atomic E-state index is 0.0792. The van der Waals surface area contributed by atoms with E-state index in [1.54, 1.807) is 12.1 Å². The van der Waals surface area contributed by atoms with Crippen LogP contribution in [0, 0.1) is 5.82 Å². The third kappa shape index (κ3) is 4.52. The van der Waals surface area contributed by atoms with Gasteiger partial charge in [-0.2, -0.15) is 0 Å². The van der Waals surface area contributed by atoms with Crippen molar-refractivity contribution >= 4 is 5.84 Å². The summed E-state index contributed by atoms with van der Waals surface area (Å²) in [7, 11) is 0. The van der Waals surface area contributed by atoms with Gasteiger partial charge in [0.15, 0.2) is 5.84 Å². The Hall–Kier alpha value is -1.62. The molecule has 4 nitrogen and oxygen atoms in total. The molecule has 0 spiro atoms. The van der Waals surface area contributed by atoms with Crippen molar-refractivity contribution in [2.75, 3.05) is 13.1 Å². The lowest BCUT2D eigenvalue weighted by Crippen LogP contribution is -2.25. The van der Waals surface area contributed by atoms with Crippen LogP contribution in [0.3, 0.4) is 0 Å². The second-order valence-corrected chi connectivity index (χ2v) is 4.57. The fourth-order valence-corrected chi connectivity index (χ4v) is 2.04. The van der Waals surface area contributed by atoms with E-state index < -0.39 is 0 Å². The van der Waals surface area contributed by atoms with Crippen molar-refractivity contribution < 1.29 is 9.60 Å². The highest BCUT2D eigenvalue weighted by molar-refractivity contribution is 5.97. The number of amidine groups is 1. The van der Waals surface area contributed by atoms with Crippen molar-refractivity contribution in [2.45, 2.75) is 33.2 Å². The first kappa shape index (κ1) is 15.4. The molecule has 0 aliphatic heterocycles. The summed E-state index contributed by atoms with van der Waals surface area (Å²) in [5, 5.41) is 11.4. The zero-order valence-corrected chi connectivity index (χ0v) is 11.6. The molecule has 0 bridgehead atoms. The minimum atomic E-state index is -0.318. The third-order valence-electron chi connectivity index (χ3n) is 2.93. The molecular formula is C14H22FN3O. The number of halogens is 1. The topological polar surface area (TPSA) is 61.8 Å². The summed E-state index contributed by atoms with van der Waals surface area (Å²) < 4.78 is 14.0. The van der Waals surface area contributed by atoms with Crippen LogP contribution in [0.4, 0.5) is 4.39 Å². The van der Waals surface area contributed by atoms with Gasteiger partial charge in [0, 0.05) is 17.7 Å². The van der Waals surface area contributed by atoms with E-state index in [4.69, 9.17) is 10.9 Å². The van der Waals surface area contributed by atoms with Crippen molar-refractivity contribution in [3.63, 3.8) is 0 Å². The number of nitrogens with zero attached hydrogens (tertiary/aromatic N) is 2. The van der Waals surface area contributed by atoms with Gasteiger partial charge in [-0.05, 0) is 32.0 Å². The van der Waals surface area contributed by atoms with Crippen molar-refractivity contribution in [2.24, 2.45) is 10.9 Å². The van der Waals surface area contributed by atoms with Crippen LogP contribution in [-0.4, -0.2) is 29.0 Å². The molecule has 0 radical (unpaired) electrons. The van der Waals surface area contributed by atoms with E-state index in [2.05, 4.69) is 23.9 Å². The number of rotatable bonds is 7. The van der Waals surface area contributed by atoms with Crippen molar-refractivity contribution in [3.8, 4) is 0 Å². The fourth-order valence-electron chi connectivity index (χ4n) is 2.04. The van der Waals surface area contributed by atoms with E-state index in [1.165, 1.54) is 6.07 Å². The predicted molar refractivity (Wildman–Crippen MR) is 74.8 cm³/mol. The summed E-state index contributed by atoms with van der Waals surface area (Å²) in [5.74, 6) is -0.397. The number of oxime groups is 1. The van der Waals surface area contributed by atoms with Gasteiger partial charge >= 0.3 is 0 Å². The van der Waals surface area contributed by atoms with E-state index in [-0.39, 0.29) is 11.7 Å². The average molecular weight is 267 g/mol. The fraction of sp³-hybridized carbons (Fsp3) is 0.500. The summed E-state index contributed by atoms with van der Waals surface area (Å²) in [5.41, 5.74) is 6.46. The minimum Gasteiger partial charge on any atom is -0.409 e. The van der Waals surface area contributed by atoms with E-state index in [0.717, 1.165) is 25.9 Å². The average Bonchev–Trinajstić information content (AvgIpc) is 2.40. The summed E-state index contributed by atoms with van der Waals surface area (Å²) in [6.45, 7) is 6.72. The Labute approximate surface area is 113 Å². The molecule has 0 aromatic heterocycles. The molecule has 3 N–H and O–H groups in total. The van der Waals surface area contributed by atoms with Crippen LogP contribution >= 0.6 is 0 Å². The molecule has 0 saturated carbocycles. The van der Waals surface area contributed by atoms with Gasteiger partial charge < -0.3 is 10.9 Å². The van der Waals surface area contributed by atoms with Gasteiger partial charge in [-0.15, -0.1) is 0 Å². The van der Waals surface area contributed by atoms with Crippen LogP contribution in [0.25, 0.3) is 0 Å². The van der Waals surface area contributed by atoms with Crippen LogP contribution < -0.4 is 5.73 Å². The van der Waals surface area contributed by atoms with Crippen molar-refractivity contribution in [3.05, 3.63) is 35.1 Å². The molecule has 1 aromatic rings. The Morgan fingerprint density at radius 2 is 1.95 bits per heavy atom. The molecule has 1 rings (SSSR count). The maximum atomic E-state index is 14.0. The molecule has 0 saturated heterocycles. The molecule has 1 aromatic carbocycles. The third-order valence-corrected chi connectivity index (χ3v) is 2.93. The van der Waals surface area contributed by atoms with Gasteiger partial charge in [-0.1, -0.05) is 31.1 Å². The van der Waals surface area contributed by atoms with Gasteiger partial charge in [0.05, 0.1) is 0 Å². The zero-order chi connectivity index (χ0) is 14.3. The van der Waals surface area contributed by atoms with Crippen LogP contribution in [0.2, 0.25) is 0 Å². The van der Waals surface area contributed by atoms with Gasteiger partial charge in [0.2, 0.25) is 0 Å². The second-order valence-electron chi connectivity index (χ2n) is 4.57. The van der Waals surface area contributed by atoms with Crippen LogP contribution in [-0.2, 0) is 6.54 Å². The number of nitrogens with two attached hydrogens (primary N) is 1. The highest BCUT2D eigenvalue weighted by Crippen LogP contribution is 2.13.